The summed E-state index contributed by atoms with van der Waals surface area (Å²) in [7, 11) is 0. The summed E-state index contributed by atoms with van der Waals surface area (Å²) in [6, 6.07) is 0. The average molecular weight is 891 g/mol. The van der Waals surface area contributed by atoms with Crippen molar-refractivity contribution in [1.82, 2.24) is 0 Å². The van der Waals surface area contributed by atoms with Crippen LogP contribution in [0.15, 0.2) is 85.1 Å². The normalized spacial score (nSPS) is 12.9. The number of carbonyl (C=O) groups excluding carboxylic acids is 2. The largest absolute Gasteiger partial charge is 0.462 e. The molecule has 0 saturated carbocycles. The van der Waals surface area contributed by atoms with E-state index in [1.165, 1.54) is 122 Å². The maximum absolute atomic E-state index is 12.8. The van der Waals surface area contributed by atoms with Gasteiger partial charge in [0.2, 0.25) is 0 Å². The molecule has 0 aromatic rings. The Hall–Kier alpha value is -2.92. The molecular formula is C59H102O5. The Morgan fingerprint density at radius 2 is 0.719 bits per heavy atom. The highest BCUT2D eigenvalue weighted by molar-refractivity contribution is 5.70. The molecule has 0 rings (SSSR count). The van der Waals surface area contributed by atoms with Crippen LogP contribution in [0.4, 0.5) is 0 Å². The summed E-state index contributed by atoms with van der Waals surface area (Å²) in [6.45, 7) is 7.63. The minimum absolute atomic E-state index is 0.0689. The van der Waals surface area contributed by atoms with Gasteiger partial charge in [-0.05, 0) is 109 Å². The summed E-state index contributed by atoms with van der Waals surface area (Å²) in [4.78, 5) is 25.5. The van der Waals surface area contributed by atoms with Crippen LogP contribution >= 0.6 is 0 Å². The molecule has 5 nitrogen and oxygen atoms in total. The molecule has 0 bridgehead atoms. The second-order valence-corrected chi connectivity index (χ2v) is 17.7. The predicted octanol–water partition coefficient (Wildman–Crippen LogP) is 18.5. The highest BCUT2D eigenvalue weighted by Crippen LogP contribution is 2.14. The number of esters is 2. The molecular weight excluding hydrogens is 789 g/mol. The van der Waals surface area contributed by atoms with Crippen molar-refractivity contribution in [2.75, 3.05) is 19.8 Å². The molecule has 5 heteroatoms. The fraction of sp³-hybridized carbons (Fsp3) is 0.729. The van der Waals surface area contributed by atoms with Crippen LogP contribution in [0.1, 0.15) is 252 Å². The van der Waals surface area contributed by atoms with Gasteiger partial charge in [-0.25, -0.2) is 0 Å². The third kappa shape index (κ3) is 51.7. The van der Waals surface area contributed by atoms with Crippen LogP contribution in [0.5, 0.6) is 0 Å². The maximum Gasteiger partial charge on any atom is 0.306 e. The lowest BCUT2D eigenvalue weighted by molar-refractivity contribution is -0.163. The Balaban J connectivity index is 4.29. The Bertz CT molecular complexity index is 1190. The maximum atomic E-state index is 12.8. The Morgan fingerprint density at radius 3 is 1.19 bits per heavy atom. The van der Waals surface area contributed by atoms with Crippen molar-refractivity contribution in [3.8, 4) is 0 Å². The molecule has 0 aliphatic heterocycles. The van der Waals surface area contributed by atoms with Crippen LogP contribution in [0, 0.1) is 0 Å². The number of unbranched alkanes of at least 4 members (excludes halogenated alkanes) is 24. The molecule has 0 fully saturated rings. The van der Waals surface area contributed by atoms with Crippen molar-refractivity contribution < 1.29 is 23.8 Å². The fourth-order valence-electron chi connectivity index (χ4n) is 7.34. The molecule has 0 spiro atoms. The monoisotopic (exact) mass is 891 g/mol. The summed E-state index contributed by atoms with van der Waals surface area (Å²) in [6.07, 6.45) is 71.6. The third-order valence-electron chi connectivity index (χ3n) is 11.4. The van der Waals surface area contributed by atoms with Crippen LogP contribution in [-0.2, 0) is 23.8 Å². The van der Waals surface area contributed by atoms with Gasteiger partial charge in [0, 0.05) is 19.4 Å². The van der Waals surface area contributed by atoms with E-state index in [1.54, 1.807) is 0 Å². The Kier molecular flexibility index (Phi) is 51.9. The van der Waals surface area contributed by atoms with Crippen molar-refractivity contribution in [3.63, 3.8) is 0 Å². The van der Waals surface area contributed by atoms with E-state index in [1.807, 2.05) is 0 Å². The highest BCUT2D eigenvalue weighted by atomic mass is 16.6. The summed E-state index contributed by atoms with van der Waals surface area (Å²) >= 11 is 0. The molecule has 0 amide bonds. The van der Waals surface area contributed by atoms with Gasteiger partial charge in [-0.1, -0.05) is 215 Å². The lowest BCUT2D eigenvalue weighted by Gasteiger charge is -2.18. The van der Waals surface area contributed by atoms with Crippen molar-refractivity contribution in [2.45, 2.75) is 258 Å². The molecule has 0 radical (unpaired) electrons. The SMILES string of the molecule is CC/C=C\C/C=C\C/C=C\CCCCCCCCCC(=O)OC(COCCCCCCCC/C=C\CCCC)COC(=O)CCCCCCCC/C=C\C/C=C\C/C=C\CCCCC. The van der Waals surface area contributed by atoms with E-state index >= 15 is 0 Å². The first-order valence-electron chi connectivity index (χ1n) is 27.1. The molecule has 0 aliphatic rings. The number of allylic oxidation sites excluding steroid dienone is 14. The number of carbonyl (C=O) groups is 2. The van der Waals surface area contributed by atoms with Crippen molar-refractivity contribution >= 4 is 11.9 Å². The zero-order valence-electron chi connectivity index (χ0n) is 42.3. The Morgan fingerprint density at radius 1 is 0.359 bits per heavy atom. The zero-order chi connectivity index (χ0) is 46.3. The summed E-state index contributed by atoms with van der Waals surface area (Å²) in [5, 5.41) is 0. The van der Waals surface area contributed by atoms with Crippen LogP contribution in [0.25, 0.3) is 0 Å². The molecule has 1 atom stereocenters. The van der Waals surface area contributed by atoms with E-state index in [-0.39, 0.29) is 25.2 Å². The van der Waals surface area contributed by atoms with Crippen LogP contribution in [0.3, 0.4) is 0 Å². The number of hydrogen-bond donors (Lipinski definition) is 0. The van der Waals surface area contributed by atoms with E-state index in [2.05, 4.69) is 106 Å². The summed E-state index contributed by atoms with van der Waals surface area (Å²) < 4.78 is 17.4. The lowest BCUT2D eigenvalue weighted by Crippen LogP contribution is -2.30. The van der Waals surface area contributed by atoms with Gasteiger partial charge in [0.15, 0.2) is 6.10 Å². The van der Waals surface area contributed by atoms with Gasteiger partial charge in [0.05, 0.1) is 6.61 Å². The van der Waals surface area contributed by atoms with Gasteiger partial charge in [-0.3, -0.25) is 9.59 Å². The first-order valence-corrected chi connectivity index (χ1v) is 27.1. The highest BCUT2D eigenvalue weighted by Gasteiger charge is 2.17. The first kappa shape index (κ1) is 61.1. The molecule has 368 valence electrons. The van der Waals surface area contributed by atoms with Crippen LogP contribution in [0.2, 0.25) is 0 Å². The summed E-state index contributed by atoms with van der Waals surface area (Å²) in [5.74, 6) is -0.424. The number of ether oxygens (including phenoxy) is 3. The topological polar surface area (TPSA) is 61.8 Å². The number of rotatable bonds is 49. The smallest absolute Gasteiger partial charge is 0.306 e. The van der Waals surface area contributed by atoms with Crippen molar-refractivity contribution in [2.24, 2.45) is 0 Å². The molecule has 0 aromatic heterocycles. The van der Waals surface area contributed by atoms with Crippen LogP contribution < -0.4 is 0 Å². The molecule has 0 N–H and O–H groups in total. The van der Waals surface area contributed by atoms with E-state index in [4.69, 9.17) is 14.2 Å². The molecule has 1 unspecified atom stereocenters. The second kappa shape index (κ2) is 54.4. The second-order valence-electron chi connectivity index (χ2n) is 17.7. The zero-order valence-corrected chi connectivity index (χ0v) is 42.3. The van der Waals surface area contributed by atoms with E-state index in [0.717, 1.165) is 96.3 Å². The molecule has 0 aromatic carbocycles. The van der Waals surface area contributed by atoms with Crippen LogP contribution in [-0.4, -0.2) is 37.9 Å². The van der Waals surface area contributed by atoms with Gasteiger partial charge in [0.1, 0.15) is 6.61 Å². The molecule has 0 saturated heterocycles. The van der Waals surface area contributed by atoms with Gasteiger partial charge < -0.3 is 14.2 Å². The van der Waals surface area contributed by atoms with Crippen molar-refractivity contribution in [1.29, 1.82) is 0 Å². The van der Waals surface area contributed by atoms with Gasteiger partial charge in [-0.15, -0.1) is 0 Å². The van der Waals surface area contributed by atoms with Crippen molar-refractivity contribution in [3.05, 3.63) is 85.1 Å². The number of hydrogen-bond acceptors (Lipinski definition) is 5. The van der Waals surface area contributed by atoms with Gasteiger partial charge in [0.25, 0.3) is 0 Å². The average Bonchev–Trinajstić information content (AvgIpc) is 3.30. The van der Waals surface area contributed by atoms with E-state index in [0.29, 0.717) is 19.4 Å². The van der Waals surface area contributed by atoms with E-state index < -0.39 is 6.10 Å². The molecule has 0 heterocycles. The minimum Gasteiger partial charge on any atom is -0.462 e. The van der Waals surface area contributed by atoms with Gasteiger partial charge in [-0.2, -0.15) is 0 Å². The predicted molar refractivity (Wildman–Crippen MR) is 279 cm³/mol. The third-order valence-corrected chi connectivity index (χ3v) is 11.4. The lowest BCUT2D eigenvalue weighted by atomic mass is 10.1. The first-order chi connectivity index (χ1) is 31.6. The molecule has 0 aliphatic carbocycles. The Labute approximate surface area is 397 Å². The van der Waals surface area contributed by atoms with E-state index in [9.17, 15) is 9.59 Å². The summed E-state index contributed by atoms with van der Waals surface area (Å²) in [5.41, 5.74) is 0. The molecule has 64 heavy (non-hydrogen) atoms. The van der Waals surface area contributed by atoms with Gasteiger partial charge >= 0.3 is 11.9 Å². The standard InChI is InChI=1S/C59H102O5/c1-4-7-10-13-16-19-22-25-27-29-30-32-33-35-37-40-43-46-49-52-58(60)63-56-57(55-62-54-51-48-45-42-39-24-21-18-15-12-9-6-3)64-59(61)53-50-47-44-41-38-36-34-31-28-26-23-20-17-14-11-8-5-2/h8,11,15-20,25-28,30,32,57H,4-7,9-10,12-14,21-24,29,31,33-56H2,1-3H3/b11-8-,18-15-,19-16-,20-17-,27-25-,28-26-,32-30-. The quantitative estimate of drug-likeness (QED) is 0.0346. The minimum atomic E-state index is -0.554. The fourth-order valence-corrected chi connectivity index (χ4v) is 7.34.